The van der Waals surface area contributed by atoms with Crippen LogP contribution in [-0.2, 0) is 20.6 Å². The van der Waals surface area contributed by atoms with Gasteiger partial charge in [-0.3, -0.25) is 4.57 Å². The highest BCUT2D eigenvalue weighted by atomic mass is 16.6. The van der Waals surface area contributed by atoms with E-state index in [0.717, 1.165) is 33.4 Å². The summed E-state index contributed by atoms with van der Waals surface area (Å²) < 4.78 is 15.7. The first-order valence-electron chi connectivity index (χ1n) is 19.9. The molecule has 8 nitrogen and oxygen atoms in total. The Hall–Kier alpha value is -6.71. The molecule has 0 aliphatic carbocycles. The normalized spacial score (nSPS) is 15.2. The fourth-order valence-electron chi connectivity index (χ4n) is 7.81. The minimum Gasteiger partial charge on any atom is -0.394 e. The summed E-state index contributed by atoms with van der Waals surface area (Å²) in [6.07, 6.45) is 6.54. The van der Waals surface area contributed by atoms with E-state index < -0.39 is 17.4 Å². The number of benzene rings is 6. The maximum Gasteiger partial charge on any atom is 0.167 e. The molecule has 1 aliphatic rings. The number of imidazole rings is 1. The standard InChI is InChI=1S/C48H39N5O2.C3H8O/c1-7-19-36(20-8-1)47(37-21-9-2-10-22-37,38-23-11-3-12-24-38)52-45-44-46(50-34-49-45)53(35-51-44)43-32-31-42(55-43)33-54-48(39-25-13-4-14-26-39,40-27-15-5-16-28-40)41-29-17-6-18-30-41;1-3(2)4/h1-32,34-35,42-43H,33H2,(H,49,50,52);3-4H,1-2H3. The molecule has 294 valence electrons. The Morgan fingerprint density at radius 1 is 0.593 bits per heavy atom. The molecule has 8 aromatic rings. The summed E-state index contributed by atoms with van der Waals surface area (Å²) in [5.41, 5.74) is 6.01. The number of hydrogen-bond donors (Lipinski definition) is 2. The van der Waals surface area contributed by atoms with E-state index in [0.29, 0.717) is 23.6 Å². The molecule has 2 N–H and O–H groups in total. The molecule has 0 spiro atoms. The molecule has 6 aromatic carbocycles. The van der Waals surface area contributed by atoms with Crippen LogP contribution in [0.5, 0.6) is 0 Å². The molecule has 0 amide bonds. The van der Waals surface area contributed by atoms with E-state index in [9.17, 15) is 0 Å². The van der Waals surface area contributed by atoms with Gasteiger partial charge in [0.05, 0.1) is 12.9 Å². The quantitative estimate of drug-likeness (QED) is 0.0942. The molecule has 2 aromatic heterocycles. The van der Waals surface area contributed by atoms with Crippen LogP contribution < -0.4 is 5.32 Å². The third-order valence-electron chi connectivity index (χ3n) is 10.4. The van der Waals surface area contributed by atoms with Gasteiger partial charge in [0.2, 0.25) is 0 Å². The fraction of sp³-hybridized carbons (Fsp3) is 0.157. The average molecular weight is 778 g/mol. The highest BCUT2D eigenvalue weighted by Gasteiger charge is 2.40. The lowest BCUT2D eigenvalue weighted by Gasteiger charge is -2.37. The van der Waals surface area contributed by atoms with E-state index in [2.05, 4.69) is 157 Å². The molecule has 2 unspecified atom stereocenters. The van der Waals surface area contributed by atoms with E-state index in [4.69, 9.17) is 29.5 Å². The van der Waals surface area contributed by atoms with Crippen LogP contribution in [0.3, 0.4) is 0 Å². The Kier molecular flexibility index (Phi) is 11.8. The summed E-state index contributed by atoms with van der Waals surface area (Å²) in [7, 11) is 0. The predicted molar refractivity (Wildman–Crippen MR) is 234 cm³/mol. The molecule has 8 heteroatoms. The second-order valence-electron chi connectivity index (χ2n) is 14.7. The van der Waals surface area contributed by atoms with Crippen molar-refractivity contribution in [1.29, 1.82) is 0 Å². The largest absolute Gasteiger partial charge is 0.394 e. The molecule has 59 heavy (non-hydrogen) atoms. The molecule has 3 heterocycles. The van der Waals surface area contributed by atoms with Crippen LogP contribution in [0.1, 0.15) is 53.5 Å². The van der Waals surface area contributed by atoms with Gasteiger partial charge in [0.25, 0.3) is 0 Å². The zero-order valence-corrected chi connectivity index (χ0v) is 33.1. The van der Waals surface area contributed by atoms with Crippen molar-refractivity contribution in [3.05, 3.63) is 240 Å². The van der Waals surface area contributed by atoms with Gasteiger partial charge >= 0.3 is 0 Å². The van der Waals surface area contributed by atoms with E-state index in [1.54, 1.807) is 26.5 Å². The van der Waals surface area contributed by atoms with Crippen LogP contribution in [0.2, 0.25) is 0 Å². The molecular weight excluding hydrogens is 731 g/mol. The lowest BCUT2D eigenvalue weighted by molar-refractivity contribution is -0.0668. The molecule has 0 radical (unpaired) electrons. The minimum atomic E-state index is -0.850. The highest BCUT2D eigenvalue weighted by molar-refractivity contribution is 5.84. The van der Waals surface area contributed by atoms with Crippen LogP contribution in [0.15, 0.2) is 207 Å². The molecule has 0 saturated carbocycles. The number of nitrogens with zero attached hydrogens (tertiary/aromatic N) is 4. The number of fused-ring (bicyclic) bond motifs is 1. The first-order chi connectivity index (χ1) is 29.0. The van der Waals surface area contributed by atoms with Crippen molar-refractivity contribution in [2.45, 2.75) is 43.4 Å². The topological polar surface area (TPSA) is 94.3 Å². The van der Waals surface area contributed by atoms with E-state index in [-0.39, 0.29) is 12.2 Å². The fourth-order valence-corrected chi connectivity index (χ4v) is 7.81. The number of aromatic nitrogens is 4. The number of aliphatic hydroxyl groups excluding tert-OH is 1. The Morgan fingerprint density at radius 2 is 1.00 bits per heavy atom. The van der Waals surface area contributed by atoms with Crippen molar-refractivity contribution >= 4 is 17.0 Å². The minimum absolute atomic E-state index is 0.167. The number of ether oxygens (including phenoxy) is 2. The Bertz CT molecular complexity index is 2360. The molecule has 0 saturated heterocycles. The second-order valence-corrected chi connectivity index (χ2v) is 14.7. The predicted octanol–water partition coefficient (Wildman–Crippen LogP) is 10.1. The van der Waals surface area contributed by atoms with E-state index >= 15 is 0 Å². The highest BCUT2D eigenvalue weighted by Crippen LogP contribution is 2.43. The molecular formula is C51H47N5O3. The number of hydrogen-bond acceptors (Lipinski definition) is 7. The maximum atomic E-state index is 8.06. The molecule has 2 atom stereocenters. The summed E-state index contributed by atoms with van der Waals surface area (Å²) in [5.74, 6) is 0.612. The zero-order chi connectivity index (χ0) is 40.5. The Labute approximate surface area is 345 Å². The van der Waals surface area contributed by atoms with Gasteiger partial charge in [-0.1, -0.05) is 188 Å². The van der Waals surface area contributed by atoms with Gasteiger partial charge in [-0.2, -0.15) is 0 Å². The Balaban J connectivity index is 0.00000116. The van der Waals surface area contributed by atoms with Crippen molar-refractivity contribution in [2.75, 3.05) is 11.9 Å². The van der Waals surface area contributed by atoms with Crippen LogP contribution in [0.25, 0.3) is 11.2 Å². The van der Waals surface area contributed by atoms with Gasteiger partial charge in [0.15, 0.2) is 23.2 Å². The van der Waals surface area contributed by atoms with Crippen molar-refractivity contribution < 1.29 is 14.6 Å². The Morgan fingerprint density at radius 3 is 1.42 bits per heavy atom. The van der Waals surface area contributed by atoms with Gasteiger partial charge < -0.3 is 19.9 Å². The third kappa shape index (κ3) is 8.07. The number of nitrogens with one attached hydrogen (secondary N) is 1. The zero-order valence-electron chi connectivity index (χ0n) is 33.1. The molecule has 1 aliphatic heterocycles. The lowest BCUT2D eigenvalue weighted by Crippen LogP contribution is -2.38. The van der Waals surface area contributed by atoms with Crippen molar-refractivity contribution in [1.82, 2.24) is 19.5 Å². The lowest BCUT2D eigenvalue weighted by atomic mass is 9.77. The number of rotatable bonds is 12. The molecule has 9 rings (SSSR count). The van der Waals surface area contributed by atoms with Crippen LogP contribution in [-0.4, -0.2) is 43.4 Å². The van der Waals surface area contributed by atoms with Gasteiger partial charge in [0.1, 0.15) is 23.6 Å². The van der Waals surface area contributed by atoms with Gasteiger partial charge in [-0.15, -0.1) is 0 Å². The van der Waals surface area contributed by atoms with E-state index in [1.807, 2.05) is 47.0 Å². The second kappa shape index (κ2) is 17.8. The number of anilines is 1. The van der Waals surface area contributed by atoms with Crippen LogP contribution >= 0.6 is 0 Å². The summed E-state index contributed by atoms with van der Waals surface area (Å²) in [6, 6.07) is 62.5. The average Bonchev–Trinajstić information content (AvgIpc) is 3.96. The van der Waals surface area contributed by atoms with Crippen molar-refractivity contribution in [3.63, 3.8) is 0 Å². The van der Waals surface area contributed by atoms with Crippen LogP contribution in [0.4, 0.5) is 5.82 Å². The summed E-state index contributed by atoms with van der Waals surface area (Å²) >= 11 is 0. The number of aliphatic hydroxyl groups is 1. The van der Waals surface area contributed by atoms with Gasteiger partial charge in [0, 0.05) is 6.10 Å². The van der Waals surface area contributed by atoms with Crippen LogP contribution in [0, 0.1) is 0 Å². The smallest absolute Gasteiger partial charge is 0.167 e. The molecule has 0 bridgehead atoms. The summed E-state index contributed by atoms with van der Waals surface area (Å²) in [5, 5.41) is 11.9. The molecule has 0 fully saturated rings. The summed E-state index contributed by atoms with van der Waals surface area (Å²) in [6.45, 7) is 3.76. The monoisotopic (exact) mass is 777 g/mol. The first kappa shape index (κ1) is 39.1. The van der Waals surface area contributed by atoms with Crippen molar-refractivity contribution in [3.8, 4) is 0 Å². The summed E-state index contributed by atoms with van der Waals surface area (Å²) in [4.78, 5) is 14.4. The first-order valence-corrected chi connectivity index (χ1v) is 19.9. The van der Waals surface area contributed by atoms with Crippen molar-refractivity contribution in [2.24, 2.45) is 0 Å². The maximum absolute atomic E-state index is 8.06. The third-order valence-corrected chi connectivity index (χ3v) is 10.4. The van der Waals surface area contributed by atoms with Gasteiger partial charge in [-0.05, 0) is 53.3 Å². The van der Waals surface area contributed by atoms with Gasteiger partial charge in [-0.25, -0.2) is 15.0 Å². The SMILES string of the molecule is C1=CC(n2cnc3c(NC(c4ccccc4)(c4ccccc4)c4ccccc4)ncnc32)OC1COC(c1ccccc1)(c1ccccc1)c1ccccc1.CC(C)O. The van der Waals surface area contributed by atoms with E-state index in [1.165, 1.54) is 0 Å².